The maximum Gasteiger partial charge on any atom is 0.409 e. The van der Waals surface area contributed by atoms with E-state index in [4.69, 9.17) is 35.3 Å². The summed E-state index contributed by atoms with van der Waals surface area (Å²) in [6.45, 7) is 5.87. The molecule has 5 rings (SSSR count). The van der Waals surface area contributed by atoms with E-state index in [1.807, 2.05) is 19.9 Å². The number of carbonyl (C=O) groups excluding carboxylic acids is 9. The summed E-state index contributed by atoms with van der Waals surface area (Å²) in [7, 11) is 6.09. The molecular weight excluding hydrogens is 976 g/mol. The first-order chi connectivity index (χ1) is 34.5. The van der Waals surface area contributed by atoms with Gasteiger partial charge in [-0.3, -0.25) is 48.6 Å². The average Bonchev–Trinajstić information content (AvgIpc) is 3.95. The van der Waals surface area contributed by atoms with E-state index in [0.717, 1.165) is 28.2 Å². The molecule has 8 unspecified atom stereocenters. The number of imide groups is 1. The topological polar surface area (TPSA) is 293 Å². The van der Waals surface area contributed by atoms with Gasteiger partial charge in [-0.25, -0.2) is 4.79 Å². The second-order valence-corrected chi connectivity index (χ2v) is 19.0. The number of ether oxygens (including phenoxy) is 5. The number of likely N-dealkylation sites (N-methyl/N-ethyl adjacent to an activating group) is 1. The van der Waals surface area contributed by atoms with Crippen molar-refractivity contribution in [2.24, 2.45) is 5.92 Å². The quantitative estimate of drug-likeness (QED) is 0.0815. The van der Waals surface area contributed by atoms with Crippen LogP contribution in [0.2, 0.25) is 5.02 Å². The van der Waals surface area contributed by atoms with E-state index in [1.165, 1.54) is 24.0 Å². The number of alkyl carbamates (subject to hydrolysis) is 1. The molecule has 9 amide bonds. The molecule has 4 aliphatic heterocycles. The molecule has 4 bridgehead atoms. The van der Waals surface area contributed by atoms with E-state index in [0.29, 0.717) is 17.9 Å². The number of halogens is 1. The SMILES string of the molecule is COc1cc2cc(c1Cl)N(C)C(=O)CC(OCC(C)N(C)C(=O)CCCC(=O)NCC(=O)NCC(=O)NCC(=O)NCCN1C(=O)C=CC1=O)C1(C)OC1C(C)C1CC(O)(NC(=O)O1)C(OC)/C=C/C=C(\C)C2. The lowest BCUT2D eigenvalue weighted by Crippen LogP contribution is -2.63. The van der Waals surface area contributed by atoms with E-state index < -0.39 is 109 Å². The van der Waals surface area contributed by atoms with Crippen LogP contribution in [-0.2, 0) is 63.7 Å². The number of epoxide rings is 1. The van der Waals surface area contributed by atoms with Crippen molar-refractivity contribution < 1.29 is 71.9 Å². The van der Waals surface area contributed by atoms with Gasteiger partial charge in [-0.15, -0.1) is 0 Å². The van der Waals surface area contributed by atoms with E-state index in [2.05, 4.69) is 26.6 Å². The summed E-state index contributed by atoms with van der Waals surface area (Å²) in [6, 6.07) is 3.07. The van der Waals surface area contributed by atoms with E-state index in [-0.39, 0.29) is 68.6 Å². The first kappa shape index (κ1) is 57.5. The molecule has 23 nitrogen and oxygen atoms in total. The fourth-order valence-corrected chi connectivity index (χ4v) is 8.94. The second kappa shape index (κ2) is 25.5. The van der Waals surface area contributed by atoms with Gasteiger partial charge in [-0.05, 0) is 51.3 Å². The molecule has 2 saturated heterocycles. The number of hydrogen-bond donors (Lipinski definition) is 6. The van der Waals surface area contributed by atoms with Crippen molar-refractivity contribution in [1.82, 2.24) is 36.4 Å². The number of hydrogen-bond acceptors (Lipinski definition) is 15. The smallest absolute Gasteiger partial charge is 0.409 e. The van der Waals surface area contributed by atoms with Gasteiger partial charge in [-0.1, -0.05) is 42.3 Å². The summed E-state index contributed by atoms with van der Waals surface area (Å²) in [5.74, 6) is -4.21. The van der Waals surface area contributed by atoms with Crippen molar-refractivity contribution in [1.29, 1.82) is 0 Å². The van der Waals surface area contributed by atoms with E-state index >= 15 is 0 Å². The fraction of sp³-hybridized carbons (Fsp3) is 0.571. The number of allylic oxidation sites excluding steroid dienone is 3. The number of nitrogens with zero attached hydrogens (tertiary/aromatic N) is 3. The molecule has 4 heterocycles. The summed E-state index contributed by atoms with van der Waals surface area (Å²) in [5.41, 5.74) is -0.821. The third-order valence-corrected chi connectivity index (χ3v) is 13.6. The van der Waals surface area contributed by atoms with E-state index in [1.54, 1.807) is 52.2 Å². The predicted molar refractivity (Wildman–Crippen MR) is 263 cm³/mol. The lowest BCUT2D eigenvalue weighted by atomic mass is 9.83. The minimum atomic E-state index is -1.84. The van der Waals surface area contributed by atoms with E-state index in [9.17, 15) is 48.3 Å². The molecule has 6 N–H and O–H groups in total. The Labute approximate surface area is 428 Å². The van der Waals surface area contributed by atoms with Gasteiger partial charge < -0.3 is 59.9 Å². The number of rotatable bonds is 19. The minimum Gasteiger partial charge on any atom is -0.495 e. The third kappa shape index (κ3) is 15.3. The van der Waals surface area contributed by atoms with Crippen molar-refractivity contribution in [2.45, 2.75) is 108 Å². The number of aliphatic hydroxyl groups is 1. The van der Waals surface area contributed by atoms with Gasteiger partial charge in [0.15, 0.2) is 5.72 Å². The zero-order chi connectivity index (χ0) is 53.8. The first-order valence-electron chi connectivity index (χ1n) is 23.9. The highest BCUT2D eigenvalue weighted by atomic mass is 35.5. The molecule has 4 aliphatic rings. The maximum atomic E-state index is 14.3. The molecular formula is C49H67ClN8O15. The molecule has 0 spiro atoms. The Balaban J connectivity index is 1.14. The van der Waals surface area contributed by atoms with Crippen molar-refractivity contribution in [3.05, 3.63) is 58.7 Å². The molecule has 1 aromatic rings. The fourth-order valence-electron chi connectivity index (χ4n) is 8.63. The summed E-state index contributed by atoms with van der Waals surface area (Å²) in [5, 5.41) is 24.1. The van der Waals surface area contributed by atoms with Crippen LogP contribution in [0.3, 0.4) is 0 Å². The second-order valence-electron chi connectivity index (χ2n) is 18.7. The normalized spacial score (nSPS) is 26.5. The highest BCUT2D eigenvalue weighted by Crippen LogP contribution is 2.49. The molecule has 8 atom stereocenters. The molecule has 400 valence electrons. The Kier molecular flexibility index (Phi) is 20.1. The van der Waals surface area contributed by atoms with Crippen LogP contribution in [0, 0.1) is 5.92 Å². The molecule has 0 saturated carbocycles. The largest absolute Gasteiger partial charge is 0.495 e. The Morgan fingerprint density at radius 3 is 2.23 bits per heavy atom. The number of fused-ring (bicyclic) bond motifs is 5. The highest BCUT2D eigenvalue weighted by molar-refractivity contribution is 6.35. The zero-order valence-corrected chi connectivity index (χ0v) is 43.1. The molecule has 0 radical (unpaired) electrons. The Bertz CT molecular complexity index is 2360. The number of carbonyl (C=O) groups is 9. The van der Waals surface area contributed by atoms with Crippen LogP contribution >= 0.6 is 11.6 Å². The lowest BCUT2D eigenvalue weighted by molar-refractivity contribution is -0.142. The van der Waals surface area contributed by atoms with Gasteiger partial charge in [0, 0.05) is 71.6 Å². The number of methoxy groups -OCH3 is 2. The number of anilines is 1. The highest BCUT2D eigenvalue weighted by Gasteiger charge is 2.63. The van der Waals surface area contributed by atoms with Crippen LogP contribution in [0.4, 0.5) is 10.5 Å². The molecule has 24 heteroatoms. The number of benzene rings is 1. The zero-order valence-electron chi connectivity index (χ0n) is 42.4. The van der Waals surface area contributed by atoms with Crippen LogP contribution in [0.15, 0.2) is 48.1 Å². The summed E-state index contributed by atoms with van der Waals surface area (Å²) in [6.07, 6.45) is 3.58. The lowest BCUT2D eigenvalue weighted by Gasteiger charge is -2.42. The molecule has 1 aromatic carbocycles. The van der Waals surface area contributed by atoms with Crippen LogP contribution < -0.4 is 36.2 Å². The molecule has 73 heavy (non-hydrogen) atoms. The Morgan fingerprint density at radius 1 is 0.973 bits per heavy atom. The minimum absolute atomic E-state index is 0.0154. The summed E-state index contributed by atoms with van der Waals surface area (Å²) in [4.78, 5) is 117. The van der Waals surface area contributed by atoms with Gasteiger partial charge in [0.2, 0.25) is 35.4 Å². The van der Waals surface area contributed by atoms with Gasteiger partial charge in [-0.2, -0.15) is 0 Å². The Hall–Kier alpha value is -6.40. The predicted octanol–water partition coefficient (Wildman–Crippen LogP) is 0.548. The third-order valence-electron chi connectivity index (χ3n) is 13.2. The van der Waals surface area contributed by atoms with Gasteiger partial charge in [0.25, 0.3) is 11.8 Å². The van der Waals surface area contributed by atoms with Crippen LogP contribution in [0.1, 0.15) is 65.4 Å². The van der Waals surface area contributed by atoms with Crippen LogP contribution in [0.5, 0.6) is 5.75 Å². The van der Waals surface area contributed by atoms with Crippen LogP contribution in [-0.4, -0.2) is 178 Å². The van der Waals surface area contributed by atoms with Crippen molar-refractivity contribution >= 4 is 70.6 Å². The maximum absolute atomic E-state index is 14.3. The summed E-state index contributed by atoms with van der Waals surface area (Å²) < 4.78 is 29.9. The van der Waals surface area contributed by atoms with Crippen molar-refractivity contribution in [3.63, 3.8) is 0 Å². The molecule has 2 fully saturated rings. The number of amides is 9. The van der Waals surface area contributed by atoms with Gasteiger partial charge >= 0.3 is 6.09 Å². The van der Waals surface area contributed by atoms with Gasteiger partial charge in [0.05, 0.1) is 63.7 Å². The molecule has 0 aromatic heterocycles. The first-order valence-corrected chi connectivity index (χ1v) is 24.2. The average molecular weight is 1040 g/mol. The Morgan fingerprint density at radius 2 is 1.60 bits per heavy atom. The standard InChI is InChI=1S/C49H67ClN8O15/c1-28-11-9-12-35(70-8)49(68)23-34(72-47(67)55-49)30(3)46-48(4,73-46)36(22-44(66)57(6)32-20-31(19-28)21-33(69-7)45(32)50)71-27-29(2)56(5)41(63)14-10-13-37(59)52-25-39(61)54-26-40(62)53-24-38(60)51-17-18-58-42(64)15-16-43(58)65/h9,11-12,15-16,20-21,29-30,34-36,46,68H,10,13-14,17-19,22-27H2,1-8H3,(H,51,60)(H,52,59)(H,53,62)(H,54,61)(H,55,67)/b12-9+,28-11+. The monoisotopic (exact) mass is 1040 g/mol. The van der Waals surface area contributed by atoms with Crippen molar-refractivity contribution in [2.75, 3.05) is 72.5 Å². The van der Waals surface area contributed by atoms with Gasteiger partial charge in [0.1, 0.15) is 28.6 Å². The number of nitrogens with one attached hydrogen (secondary N) is 5. The molecule has 0 aliphatic carbocycles. The summed E-state index contributed by atoms with van der Waals surface area (Å²) >= 11 is 6.81. The van der Waals surface area contributed by atoms with Crippen molar-refractivity contribution in [3.8, 4) is 5.75 Å². The van der Waals surface area contributed by atoms with Crippen LogP contribution in [0.25, 0.3) is 0 Å².